The van der Waals surface area contributed by atoms with Gasteiger partial charge in [0.2, 0.25) is 5.91 Å². The molecule has 470 valence electrons. The standard InChI is InChI=1S/C73H143NO5/c1-3-5-7-9-11-13-15-17-19-33-37-41-45-49-53-57-61-65-71(76)70(69-75)74-72(77)66-62-58-54-50-46-42-38-35-31-29-27-25-23-21-22-24-26-28-30-32-36-40-44-48-52-56-60-64-68-79-73(78)67-63-59-55-51-47-43-39-34-20-18-16-14-12-10-8-6-4-2/h21-22,70-71,75-76H,3-20,23-69H2,1-2H3,(H,74,77)/b22-21-. The predicted molar refractivity (Wildman–Crippen MR) is 347 cm³/mol. The van der Waals surface area contributed by atoms with Crippen molar-refractivity contribution in [1.82, 2.24) is 5.32 Å². The smallest absolute Gasteiger partial charge is 0.305 e. The summed E-state index contributed by atoms with van der Waals surface area (Å²) in [5, 5.41) is 23.4. The molecule has 0 aliphatic carbocycles. The van der Waals surface area contributed by atoms with Crippen molar-refractivity contribution in [1.29, 1.82) is 0 Å². The first-order valence-electron chi connectivity index (χ1n) is 36.4. The summed E-state index contributed by atoms with van der Waals surface area (Å²) >= 11 is 0. The number of aliphatic hydroxyl groups excluding tert-OH is 2. The van der Waals surface area contributed by atoms with Crippen LogP contribution in [0.2, 0.25) is 0 Å². The molecule has 0 aliphatic rings. The molecule has 0 rings (SSSR count). The highest BCUT2D eigenvalue weighted by Crippen LogP contribution is 2.19. The van der Waals surface area contributed by atoms with Gasteiger partial charge in [0.05, 0.1) is 25.4 Å². The van der Waals surface area contributed by atoms with Gasteiger partial charge in [-0.05, 0) is 51.4 Å². The van der Waals surface area contributed by atoms with Crippen molar-refractivity contribution in [2.45, 2.75) is 431 Å². The highest BCUT2D eigenvalue weighted by atomic mass is 16.5. The van der Waals surface area contributed by atoms with E-state index in [4.69, 9.17) is 4.74 Å². The van der Waals surface area contributed by atoms with Crippen LogP contribution in [0.1, 0.15) is 418 Å². The Hall–Kier alpha value is -1.40. The molecule has 0 heterocycles. The molecule has 0 aromatic rings. The highest BCUT2D eigenvalue weighted by Gasteiger charge is 2.20. The van der Waals surface area contributed by atoms with E-state index in [1.54, 1.807) is 0 Å². The average molecular weight is 1110 g/mol. The number of amides is 1. The lowest BCUT2D eigenvalue weighted by Crippen LogP contribution is -2.45. The lowest BCUT2D eigenvalue weighted by molar-refractivity contribution is -0.143. The van der Waals surface area contributed by atoms with E-state index < -0.39 is 12.1 Å². The number of aliphatic hydroxyl groups is 2. The molecule has 2 unspecified atom stereocenters. The molecule has 0 saturated carbocycles. The second kappa shape index (κ2) is 69.1. The SMILES string of the molecule is CCCCCCCCCCCCCCCCCCCC(=O)OCCCCCCCCCCCCCC/C=C\CCCCCCCCCCCCCCC(=O)NC(CO)C(O)CCCCCCCCCCCCCCCCCCC. The zero-order valence-corrected chi connectivity index (χ0v) is 53.9. The summed E-state index contributed by atoms with van der Waals surface area (Å²) in [6.45, 7) is 5.00. The van der Waals surface area contributed by atoms with Crippen LogP contribution in [0.15, 0.2) is 12.2 Å². The summed E-state index contributed by atoms with van der Waals surface area (Å²) in [5.74, 6) is -0.00988. The molecule has 0 aromatic carbocycles. The van der Waals surface area contributed by atoms with Gasteiger partial charge in [0.25, 0.3) is 0 Å². The van der Waals surface area contributed by atoms with Crippen LogP contribution in [0.25, 0.3) is 0 Å². The van der Waals surface area contributed by atoms with Gasteiger partial charge in [-0.15, -0.1) is 0 Å². The molecule has 0 bridgehead atoms. The molecule has 3 N–H and O–H groups in total. The largest absolute Gasteiger partial charge is 0.466 e. The van der Waals surface area contributed by atoms with Crippen LogP contribution in [0.3, 0.4) is 0 Å². The Kier molecular flexibility index (Phi) is 67.9. The molecule has 2 atom stereocenters. The summed E-state index contributed by atoms with van der Waals surface area (Å²) in [4.78, 5) is 24.6. The number of hydrogen-bond acceptors (Lipinski definition) is 5. The van der Waals surface area contributed by atoms with Crippen molar-refractivity contribution in [3.63, 3.8) is 0 Å². The normalized spacial score (nSPS) is 12.5. The fraction of sp³-hybridized carbons (Fsp3) is 0.945. The number of esters is 1. The average Bonchev–Trinajstić information content (AvgIpc) is 3.45. The Morgan fingerprint density at radius 2 is 0.595 bits per heavy atom. The molecule has 1 amide bonds. The maximum atomic E-state index is 12.5. The highest BCUT2D eigenvalue weighted by molar-refractivity contribution is 5.76. The summed E-state index contributed by atoms with van der Waals surface area (Å²) in [6.07, 6.45) is 85.5. The van der Waals surface area contributed by atoms with Gasteiger partial charge in [0.15, 0.2) is 0 Å². The van der Waals surface area contributed by atoms with E-state index in [1.807, 2.05) is 0 Å². The van der Waals surface area contributed by atoms with Crippen LogP contribution in [0.5, 0.6) is 0 Å². The monoisotopic (exact) mass is 1110 g/mol. The molecular weight excluding hydrogens is 971 g/mol. The van der Waals surface area contributed by atoms with E-state index in [9.17, 15) is 19.8 Å². The van der Waals surface area contributed by atoms with Crippen LogP contribution < -0.4 is 5.32 Å². The van der Waals surface area contributed by atoms with Gasteiger partial charge in [-0.1, -0.05) is 366 Å². The number of allylic oxidation sites excluding steroid dienone is 2. The minimum Gasteiger partial charge on any atom is -0.466 e. The van der Waals surface area contributed by atoms with Gasteiger partial charge in [-0.25, -0.2) is 0 Å². The Labute approximate surface area is 495 Å². The molecule has 0 spiro atoms. The molecular formula is C73H143NO5. The topological polar surface area (TPSA) is 95.9 Å². The lowest BCUT2D eigenvalue weighted by Gasteiger charge is -2.22. The summed E-state index contributed by atoms with van der Waals surface area (Å²) in [5.41, 5.74) is 0. The molecule has 0 aliphatic heterocycles. The molecule has 0 aromatic heterocycles. The first kappa shape index (κ1) is 77.6. The van der Waals surface area contributed by atoms with Crippen molar-refractivity contribution < 1.29 is 24.5 Å². The van der Waals surface area contributed by atoms with Crippen molar-refractivity contribution in [3.8, 4) is 0 Å². The Morgan fingerprint density at radius 3 is 0.899 bits per heavy atom. The van der Waals surface area contributed by atoms with Gasteiger partial charge in [-0.2, -0.15) is 0 Å². The molecule has 6 nitrogen and oxygen atoms in total. The summed E-state index contributed by atoms with van der Waals surface area (Å²) < 4.78 is 5.51. The minimum atomic E-state index is -0.664. The first-order valence-corrected chi connectivity index (χ1v) is 36.4. The number of nitrogens with one attached hydrogen (secondary N) is 1. The lowest BCUT2D eigenvalue weighted by atomic mass is 10.0. The Bertz CT molecular complexity index is 1190. The van der Waals surface area contributed by atoms with Gasteiger partial charge in [-0.3, -0.25) is 9.59 Å². The third kappa shape index (κ3) is 65.6. The van der Waals surface area contributed by atoms with Crippen molar-refractivity contribution in [2.24, 2.45) is 0 Å². The van der Waals surface area contributed by atoms with Crippen molar-refractivity contribution in [3.05, 3.63) is 12.2 Å². The molecule has 6 heteroatoms. The van der Waals surface area contributed by atoms with Gasteiger partial charge >= 0.3 is 5.97 Å². The molecule has 0 saturated heterocycles. The second-order valence-corrected chi connectivity index (χ2v) is 25.3. The van der Waals surface area contributed by atoms with E-state index in [0.717, 1.165) is 38.5 Å². The van der Waals surface area contributed by atoms with E-state index in [1.165, 1.54) is 347 Å². The maximum Gasteiger partial charge on any atom is 0.305 e. The summed E-state index contributed by atoms with van der Waals surface area (Å²) in [6, 6.07) is -0.541. The number of unbranched alkanes of at least 4 members (excludes halogenated alkanes) is 56. The first-order chi connectivity index (χ1) is 39.0. The summed E-state index contributed by atoms with van der Waals surface area (Å²) in [7, 11) is 0. The van der Waals surface area contributed by atoms with Crippen LogP contribution in [0.4, 0.5) is 0 Å². The number of carbonyl (C=O) groups is 2. The molecule has 0 fully saturated rings. The van der Waals surface area contributed by atoms with Crippen LogP contribution >= 0.6 is 0 Å². The molecule has 0 radical (unpaired) electrons. The van der Waals surface area contributed by atoms with E-state index in [0.29, 0.717) is 25.9 Å². The van der Waals surface area contributed by atoms with Gasteiger partial charge in [0.1, 0.15) is 0 Å². The molecule has 79 heavy (non-hydrogen) atoms. The zero-order valence-electron chi connectivity index (χ0n) is 53.9. The number of hydrogen-bond donors (Lipinski definition) is 3. The Balaban J connectivity index is 3.35. The van der Waals surface area contributed by atoms with Crippen molar-refractivity contribution >= 4 is 11.9 Å². The number of rotatable bonds is 69. The quantitative estimate of drug-likeness (QED) is 0.0320. The van der Waals surface area contributed by atoms with Gasteiger partial charge < -0.3 is 20.3 Å². The van der Waals surface area contributed by atoms with Crippen molar-refractivity contribution in [2.75, 3.05) is 13.2 Å². The number of ether oxygens (including phenoxy) is 1. The van der Waals surface area contributed by atoms with Crippen LogP contribution in [-0.4, -0.2) is 47.4 Å². The fourth-order valence-electron chi connectivity index (χ4n) is 11.8. The van der Waals surface area contributed by atoms with E-state index in [-0.39, 0.29) is 18.5 Å². The second-order valence-electron chi connectivity index (χ2n) is 25.3. The third-order valence-electron chi connectivity index (χ3n) is 17.3. The third-order valence-corrected chi connectivity index (χ3v) is 17.3. The predicted octanol–water partition coefficient (Wildman–Crippen LogP) is 23.5. The van der Waals surface area contributed by atoms with E-state index in [2.05, 4.69) is 31.3 Å². The minimum absolute atomic E-state index is 0.0209. The fourth-order valence-corrected chi connectivity index (χ4v) is 11.8. The maximum absolute atomic E-state index is 12.5. The van der Waals surface area contributed by atoms with Crippen LogP contribution in [0, 0.1) is 0 Å². The van der Waals surface area contributed by atoms with Gasteiger partial charge in [0, 0.05) is 12.8 Å². The zero-order chi connectivity index (χ0) is 57.1. The Morgan fingerprint density at radius 1 is 0.342 bits per heavy atom. The van der Waals surface area contributed by atoms with E-state index >= 15 is 0 Å². The van der Waals surface area contributed by atoms with Crippen LogP contribution in [-0.2, 0) is 14.3 Å². The number of carbonyl (C=O) groups excluding carboxylic acids is 2.